The van der Waals surface area contributed by atoms with E-state index in [1.165, 1.54) is 0 Å². The summed E-state index contributed by atoms with van der Waals surface area (Å²) in [7, 11) is 3.27. The van der Waals surface area contributed by atoms with E-state index in [4.69, 9.17) is 32.7 Å². The molecule has 0 amide bonds. The standard InChI is InChI=1S/C16H16Cl2O2/c1-19-15(11-7-3-5-9-13(11)17)16(20-2)12-8-4-6-10-14(12)18/h3-10,15-16H,1-2H3/t15-,16-/m0/s1. The third kappa shape index (κ3) is 3.15. The lowest BCUT2D eigenvalue weighted by molar-refractivity contribution is -0.0396. The van der Waals surface area contributed by atoms with Crippen LogP contribution in [0.3, 0.4) is 0 Å². The Balaban J connectivity index is 2.44. The highest BCUT2D eigenvalue weighted by molar-refractivity contribution is 6.31. The topological polar surface area (TPSA) is 18.5 Å². The molecule has 0 aliphatic heterocycles. The summed E-state index contributed by atoms with van der Waals surface area (Å²) < 4.78 is 11.2. The van der Waals surface area contributed by atoms with Crippen LogP contribution in [0.25, 0.3) is 0 Å². The van der Waals surface area contributed by atoms with Crippen molar-refractivity contribution in [1.29, 1.82) is 0 Å². The molecule has 0 unspecified atom stereocenters. The molecular formula is C16H16Cl2O2. The van der Waals surface area contributed by atoms with Crippen molar-refractivity contribution in [2.75, 3.05) is 14.2 Å². The summed E-state index contributed by atoms with van der Waals surface area (Å²) in [5.41, 5.74) is 1.76. The quantitative estimate of drug-likeness (QED) is 0.767. The van der Waals surface area contributed by atoms with Crippen LogP contribution in [0, 0.1) is 0 Å². The molecule has 2 aromatic carbocycles. The third-order valence-corrected chi connectivity index (χ3v) is 3.89. The molecule has 0 aliphatic rings. The molecule has 0 aromatic heterocycles. The van der Waals surface area contributed by atoms with Crippen LogP contribution in [0.1, 0.15) is 23.3 Å². The molecule has 0 bridgehead atoms. The van der Waals surface area contributed by atoms with Gasteiger partial charge in [-0.3, -0.25) is 0 Å². The first-order valence-corrected chi connectivity index (χ1v) is 6.99. The largest absolute Gasteiger partial charge is 0.374 e. The van der Waals surface area contributed by atoms with Crippen LogP contribution >= 0.6 is 23.2 Å². The zero-order valence-electron chi connectivity index (χ0n) is 11.3. The summed E-state index contributed by atoms with van der Waals surface area (Å²) in [6.07, 6.45) is -0.651. The van der Waals surface area contributed by atoms with Gasteiger partial charge in [0.15, 0.2) is 0 Å². The number of methoxy groups -OCH3 is 2. The molecule has 2 nitrogen and oxygen atoms in total. The van der Waals surface area contributed by atoms with Gasteiger partial charge in [0.25, 0.3) is 0 Å². The molecule has 0 heterocycles. The molecule has 2 rings (SSSR count). The highest BCUT2D eigenvalue weighted by atomic mass is 35.5. The van der Waals surface area contributed by atoms with Gasteiger partial charge < -0.3 is 9.47 Å². The molecule has 0 saturated carbocycles. The molecule has 0 saturated heterocycles. The lowest BCUT2D eigenvalue weighted by Gasteiger charge is -2.27. The number of benzene rings is 2. The second kappa shape index (κ2) is 7.09. The third-order valence-electron chi connectivity index (χ3n) is 3.21. The molecule has 20 heavy (non-hydrogen) atoms. The van der Waals surface area contributed by atoms with Gasteiger partial charge in [-0.05, 0) is 12.1 Å². The molecule has 0 spiro atoms. The van der Waals surface area contributed by atoms with Crippen molar-refractivity contribution in [3.8, 4) is 0 Å². The number of rotatable bonds is 5. The Labute approximate surface area is 129 Å². The predicted octanol–water partition coefficient (Wildman–Crippen LogP) is 5.07. The van der Waals surface area contributed by atoms with Gasteiger partial charge in [0, 0.05) is 35.4 Å². The first-order valence-electron chi connectivity index (χ1n) is 6.23. The first kappa shape index (κ1) is 15.3. The lowest BCUT2D eigenvalue weighted by Crippen LogP contribution is -2.16. The second-order valence-corrected chi connectivity index (χ2v) is 5.17. The Kier molecular flexibility index (Phi) is 5.44. The SMILES string of the molecule is CO[C@@H](c1ccccc1Cl)[C@@H](OC)c1ccccc1Cl. The summed E-state index contributed by atoms with van der Waals surface area (Å²) in [6, 6.07) is 15.1. The lowest BCUT2D eigenvalue weighted by atomic mass is 9.98. The van der Waals surface area contributed by atoms with Crippen molar-refractivity contribution in [1.82, 2.24) is 0 Å². The molecule has 2 aromatic rings. The van der Waals surface area contributed by atoms with Gasteiger partial charge in [-0.25, -0.2) is 0 Å². The maximum Gasteiger partial charge on any atom is 0.114 e. The van der Waals surface area contributed by atoms with Crippen LogP contribution in [0.5, 0.6) is 0 Å². The Morgan fingerprint density at radius 3 is 1.35 bits per heavy atom. The fourth-order valence-corrected chi connectivity index (χ4v) is 2.73. The van der Waals surface area contributed by atoms with Crippen molar-refractivity contribution >= 4 is 23.2 Å². The van der Waals surface area contributed by atoms with Crippen LogP contribution in [-0.4, -0.2) is 14.2 Å². The van der Waals surface area contributed by atoms with E-state index in [1.54, 1.807) is 14.2 Å². The highest BCUT2D eigenvalue weighted by Gasteiger charge is 2.27. The zero-order chi connectivity index (χ0) is 14.5. The van der Waals surface area contributed by atoms with Gasteiger partial charge in [0.1, 0.15) is 12.2 Å². The zero-order valence-corrected chi connectivity index (χ0v) is 12.9. The van der Waals surface area contributed by atoms with Gasteiger partial charge in [-0.1, -0.05) is 59.6 Å². The maximum atomic E-state index is 6.26. The Morgan fingerprint density at radius 2 is 1.05 bits per heavy atom. The van der Waals surface area contributed by atoms with E-state index in [2.05, 4.69) is 0 Å². The summed E-state index contributed by atoms with van der Waals surface area (Å²) >= 11 is 12.5. The van der Waals surface area contributed by atoms with Crippen molar-refractivity contribution in [2.45, 2.75) is 12.2 Å². The minimum absolute atomic E-state index is 0.325. The molecule has 106 valence electrons. The van der Waals surface area contributed by atoms with E-state index in [0.29, 0.717) is 10.0 Å². The molecule has 0 N–H and O–H groups in total. The monoisotopic (exact) mass is 310 g/mol. The number of halogens is 2. The smallest absolute Gasteiger partial charge is 0.114 e. The minimum atomic E-state index is -0.325. The Bertz CT molecular complexity index is 520. The van der Waals surface area contributed by atoms with Crippen molar-refractivity contribution in [3.05, 3.63) is 69.7 Å². The summed E-state index contributed by atoms with van der Waals surface area (Å²) in [5, 5.41) is 1.29. The molecule has 4 heteroatoms. The van der Waals surface area contributed by atoms with Crippen LogP contribution in [-0.2, 0) is 9.47 Å². The Morgan fingerprint density at radius 1 is 0.700 bits per heavy atom. The minimum Gasteiger partial charge on any atom is -0.374 e. The molecule has 2 atom stereocenters. The second-order valence-electron chi connectivity index (χ2n) is 4.36. The van der Waals surface area contributed by atoms with Gasteiger partial charge in [-0.15, -0.1) is 0 Å². The number of hydrogen-bond donors (Lipinski definition) is 0. The predicted molar refractivity (Wildman–Crippen MR) is 82.4 cm³/mol. The van der Waals surface area contributed by atoms with Crippen molar-refractivity contribution < 1.29 is 9.47 Å². The van der Waals surface area contributed by atoms with Crippen molar-refractivity contribution in [2.24, 2.45) is 0 Å². The summed E-state index contributed by atoms with van der Waals surface area (Å²) in [5.74, 6) is 0. The highest BCUT2D eigenvalue weighted by Crippen LogP contribution is 2.39. The first-order chi connectivity index (χ1) is 9.69. The fraction of sp³-hybridized carbons (Fsp3) is 0.250. The summed E-state index contributed by atoms with van der Waals surface area (Å²) in [6.45, 7) is 0. The van der Waals surface area contributed by atoms with Crippen LogP contribution in [0.15, 0.2) is 48.5 Å². The molecular weight excluding hydrogens is 295 g/mol. The Hall–Kier alpha value is -1.06. The molecule has 0 aliphatic carbocycles. The van der Waals surface area contributed by atoms with Gasteiger partial charge in [0.05, 0.1) is 0 Å². The average Bonchev–Trinajstić information content (AvgIpc) is 2.47. The fourth-order valence-electron chi connectivity index (χ4n) is 2.24. The van der Waals surface area contributed by atoms with E-state index < -0.39 is 0 Å². The molecule has 0 radical (unpaired) electrons. The van der Waals surface area contributed by atoms with E-state index in [9.17, 15) is 0 Å². The van der Waals surface area contributed by atoms with Crippen LogP contribution < -0.4 is 0 Å². The van der Waals surface area contributed by atoms with E-state index in [-0.39, 0.29) is 12.2 Å². The summed E-state index contributed by atoms with van der Waals surface area (Å²) in [4.78, 5) is 0. The normalized spacial score (nSPS) is 14.0. The van der Waals surface area contributed by atoms with Crippen LogP contribution in [0.4, 0.5) is 0 Å². The average molecular weight is 311 g/mol. The maximum absolute atomic E-state index is 6.26. The van der Waals surface area contributed by atoms with E-state index >= 15 is 0 Å². The van der Waals surface area contributed by atoms with Crippen molar-refractivity contribution in [3.63, 3.8) is 0 Å². The van der Waals surface area contributed by atoms with Gasteiger partial charge in [-0.2, -0.15) is 0 Å². The van der Waals surface area contributed by atoms with E-state index in [0.717, 1.165) is 11.1 Å². The van der Waals surface area contributed by atoms with Crippen LogP contribution in [0.2, 0.25) is 10.0 Å². The van der Waals surface area contributed by atoms with Gasteiger partial charge in [0.2, 0.25) is 0 Å². The van der Waals surface area contributed by atoms with E-state index in [1.807, 2.05) is 48.5 Å². The number of hydrogen-bond acceptors (Lipinski definition) is 2. The number of ether oxygens (including phenoxy) is 2. The molecule has 0 fully saturated rings. The van der Waals surface area contributed by atoms with Gasteiger partial charge >= 0.3 is 0 Å².